The summed E-state index contributed by atoms with van der Waals surface area (Å²) >= 11 is 1.92. The normalized spacial score (nSPS) is 22.9. The minimum Gasteiger partial charge on any atom is -0.493 e. The smallest absolute Gasteiger partial charge is 0.315 e. The van der Waals surface area contributed by atoms with Crippen LogP contribution < -0.4 is 25.4 Å². The van der Waals surface area contributed by atoms with Crippen molar-refractivity contribution in [1.82, 2.24) is 16.0 Å². The van der Waals surface area contributed by atoms with Crippen molar-refractivity contribution in [2.24, 2.45) is 0 Å². The van der Waals surface area contributed by atoms with Gasteiger partial charge in [-0.15, -0.1) is 0 Å². The third-order valence-electron chi connectivity index (χ3n) is 5.26. The molecule has 8 heteroatoms. The Kier molecular flexibility index (Phi) is 7.30. The standard InChI is InChI=1S/C20H29N3O4S/c1-26-15-8-7-13(11-16(15)27-2)9-10-21-18(24)6-4-3-5-17-19-14(12-28-17)22-20(25)23-19/h7-8,11,14,17,19H,3-6,9-10,12H2,1-2H3,(H,21,24)(H2,22,23,25)/t14-,17-,19-/m0/s1. The lowest BCUT2D eigenvalue weighted by Gasteiger charge is -2.16. The Hall–Kier alpha value is -2.09. The van der Waals surface area contributed by atoms with Crippen LogP contribution in [0, 0.1) is 0 Å². The van der Waals surface area contributed by atoms with Crippen LogP contribution in [0.25, 0.3) is 0 Å². The lowest BCUT2D eigenvalue weighted by molar-refractivity contribution is -0.121. The second kappa shape index (κ2) is 9.91. The number of urea groups is 1. The molecule has 2 saturated heterocycles. The number of nitrogens with one attached hydrogen (secondary N) is 3. The van der Waals surface area contributed by atoms with E-state index in [1.807, 2.05) is 30.0 Å². The molecule has 154 valence electrons. The Morgan fingerprint density at radius 2 is 2.04 bits per heavy atom. The average molecular weight is 408 g/mol. The van der Waals surface area contributed by atoms with Gasteiger partial charge in [0.25, 0.3) is 0 Å². The van der Waals surface area contributed by atoms with Gasteiger partial charge in [0, 0.05) is 24.0 Å². The molecular weight excluding hydrogens is 378 g/mol. The van der Waals surface area contributed by atoms with Gasteiger partial charge in [-0.3, -0.25) is 4.79 Å². The summed E-state index contributed by atoms with van der Waals surface area (Å²) in [7, 11) is 3.23. The van der Waals surface area contributed by atoms with Crippen molar-refractivity contribution in [3.63, 3.8) is 0 Å². The summed E-state index contributed by atoms with van der Waals surface area (Å²) in [5.74, 6) is 2.47. The highest BCUT2D eigenvalue weighted by Crippen LogP contribution is 2.33. The number of rotatable bonds is 10. The molecule has 7 nitrogen and oxygen atoms in total. The summed E-state index contributed by atoms with van der Waals surface area (Å²) in [4.78, 5) is 23.4. The number of amides is 3. The Morgan fingerprint density at radius 1 is 1.21 bits per heavy atom. The first-order valence-corrected chi connectivity index (χ1v) is 10.8. The van der Waals surface area contributed by atoms with Gasteiger partial charge in [-0.2, -0.15) is 11.8 Å². The zero-order chi connectivity index (χ0) is 19.9. The van der Waals surface area contributed by atoms with Crippen molar-refractivity contribution >= 4 is 23.7 Å². The first-order chi connectivity index (χ1) is 13.6. The van der Waals surface area contributed by atoms with Crippen molar-refractivity contribution < 1.29 is 19.1 Å². The third kappa shape index (κ3) is 5.25. The van der Waals surface area contributed by atoms with Crippen LogP contribution in [0.5, 0.6) is 11.5 Å². The van der Waals surface area contributed by atoms with E-state index in [1.54, 1.807) is 14.2 Å². The molecule has 2 fully saturated rings. The van der Waals surface area contributed by atoms with Gasteiger partial charge in [0.1, 0.15) is 0 Å². The van der Waals surface area contributed by atoms with E-state index in [1.165, 1.54) is 0 Å². The second-order valence-electron chi connectivity index (χ2n) is 7.16. The van der Waals surface area contributed by atoms with Crippen LogP contribution >= 0.6 is 11.8 Å². The summed E-state index contributed by atoms with van der Waals surface area (Å²) in [5, 5.41) is 9.40. The van der Waals surface area contributed by atoms with Gasteiger partial charge in [-0.05, 0) is 37.0 Å². The van der Waals surface area contributed by atoms with Crippen LogP contribution in [-0.4, -0.2) is 55.8 Å². The molecule has 2 aliphatic heterocycles. The quantitative estimate of drug-likeness (QED) is 0.408. The number of hydrogen-bond acceptors (Lipinski definition) is 5. The first-order valence-electron chi connectivity index (χ1n) is 9.77. The summed E-state index contributed by atoms with van der Waals surface area (Å²) in [5.41, 5.74) is 1.10. The third-order valence-corrected chi connectivity index (χ3v) is 6.77. The van der Waals surface area contributed by atoms with Gasteiger partial charge in [0.05, 0.1) is 26.3 Å². The van der Waals surface area contributed by atoms with Crippen molar-refractivity contribution in [3.05, 3.63) is 23.8 Å². The Morgan fingerprint density at radius 3 is 2.82 bits per heavy atom. The van der Waals surface area contributed by atoms with E-state index in [4.69, 9.17) is 9.47 Å². The highest BCUT2D eigenvalue weighted by molar-refractivity contribution is 8.00. The maximum Gasteiger partial charge on any atom is 0.315 e. The number of unbranched alkanes of at least 4 members (excludes halogenated alkanes) is 1. The van der Waals surface area contributed by atoms with Crippen LogP contribution in [0.15, 0.2) is 18.2 Å². The lowest BCUT2D eigenvalue weighted by atomic mass is 10.0. The predicted octanol–water partition coefficient (Wildman–Crippen LogP) is 2.09. The molecule has 0 saturated carbocycles. The molecule has 0 radical (unpaired) electrons. The number of carbonyl (C=O) groups excluding carboxylic acids is 2. The minimum atomic E-state index is -0.0471. The Labute approximate surface area is 170 Å². The zero-order valence-electron chi connectivity index (χ0n) is 16.5. The fourth-order valence-electron chi connectivity index (χ4n) is 3.74. The molecule has 3 atom stereocenters. The van der Waals surface area contributed by atoms with Gasteiger partial charge in [0.15, 0.2) is 11.5 Å². The van der Waals surface area contributed by atoms with Crippen LogP contribution in [0.4, 0.5) is 4.79 Å². The number of methoxy groups -OCH3 is 2. The molecule has 0 aromatic heterocycles. The molecule has 1 aromatic rings. The van der Waals surface area contributed by atoms with Gasteiger partial charge in [-0.25, -0.2) is 4.79 Å². The fraction of sp³-hybridized carbons (Fsp3) is 0.600. The number of hydrogen-bond donors (Lipinski definition) is 3. The van der Waals surface area contributed by atoms with E-state index in [0.29, 0.717) is 29.7 Å². The molecule has 0 bridgehead atoms. The van der Waals surface area contributed by atoms with Crippen LogP contribution in [-0.2, 0) is 11.2 Å². The summed E-state index contributed by atoms with van der Waals surface area (Å²) in [6, 6.07) is 6.26. The fourth-order valence-corrected chi connectivity index (χ4v) is 5.29. The lowest BCUT2D eigenvalue weighted by Crippen LogP contribution is -2.36. The predicted molar refractivity (Wildman–Crippen MR) is 110 cm³/mol. The van der Waals surface area contributed by atoms with Gasteiger partial charge in [-0.1, -0.05) is 12.5 Å². The zero-order valence-corrected chi connectivity index (χ0v) is 17.3. The molecule has 1 aromatic carbocycles. The highest BCUT2D eigenvalue weighted by Gasteiger charge is 2.42. The molecule has 3 rings (SSSR count). The van der Waals surface area contributed by atoms with E-state index in [0.717, 1.165) is 37.0 Å². The number of fused-ring (bicyclic) bond motifs is 1. The number of thioether (sulfide) groups is 1. The molecule has 0 spiro atoms. The highest BCUT2D eigenvalue weighted by atomic mass is 32.2. The van der Waals surface area contributed by atoms with Crippen molar-refractivity contribution in [1.29, 1.82) is 0 Å². The average Bonchev–Trinajstić information content (AvgIpc) is 3.24. The topological polar surface area (TPSA) is 88.7 Å². The second-order valence-corrected chi connectivity index (χ2v) is 8.43. The Bertz CT molecular complexity index is 700. The molecule has 28 heavy (non-hydrogen) atoms. The number of benzene rings is 1. The monoisotopic (exact) mass is 407 g/mol. The first kappa shape index (κ1) is 20.6. The molecule has 3 amide bonds. The van der Waals surface area contributed by atoms with E-state index < -0.39 is 0 Å². The van der Waals surface area contributed by atoms with Crippen molar-refractivity contribution in [2.75, 3.05) is 26.5 Å². The van der Waals surface area contributed by atoms with Crippen molar-refractivity contribution in [2.45, 2.75) is 49.4 Å². The molecule has 0 aliphatic carbocycles. The van der Waals surface area contributed by atoms with Crippen LogP contribution in [0.1, 0.15) is 31.2 Å². The maximum absolute atomic E-state index is 12.1. The van der Waals surface area contributed by atoms with Gasteiger partial charge in [0.2, 0.25) is 5.91 Å². The van der Waals surface area contributed by atoms with Crippen LogP contribution in [0.3, 0.4) is 0 Å². The summed E-state index contributed by atoms with van der Waals surface area (Å²) in [6.07, 6.45) is 4.20. The number of carbonyl (C=O) groups is 2. The van der Waals surface area contributed by atoms with Crippen molar-refractivity contribution in [3.8, 4) is 11.5 Å². The largest absolute Gasteiger partial charge is 0.493 e. The van der Waals surface area contributed by atoms with Gasteiger partial charge >= 0.3 is 6.03 Å². The van der Waals surface area contributed by atoms with E-state index in [2.05, 4.69) is 16.0 Å². The van der Waals surface area contributed by atoms with E-state index in [9.17, 15) is 9.59 Å². The Balaban J connectivity index is 1.29. The molecule has 3 N–H and O–H groups in total. The molecule has 2 heterocycles. The SMILES string of the molecule is COc1ccc(CCNC(=O)CCCC[C@@H]2SC[C@@H]3NC(=O)N[C@@H]32)cc1OC. The summed E-state index contributed by atoms with van der Waals surface area (Å²) in [6.45, 7) is 0.605. The van der Waals surface area contributed by atoms with Gasteiger partial charge < -0.3 is 25.4 Å². The molecule has 0 unspecified atom stereocenters. The molecular formula is C20H29N3O4S. The number of ether oxygens (including phenoxy) is 2. The maximum atomic E-state index is 12.1. The minimum absolute atomic E-state index is 0.0471. The summed E-state index contributed by atoms with van der Waals surface area (Å²) < 4.78 is 10.5. The van der Waals surface area contributed by atoms with Crippen LogP contribution in [0.2, 0.25) is 0 Å². The van der Waals surface area contributed by atoms with E-state index in [-0.39, 0.29) is 24.0 Å². The van der Waals surface area contributed by atoms with E-state index >= 15 is 0 Å². The molecule has 2 aliphatic rings.